The molecule has 0 unspecified atom stereocenters. The van der Waals surface area contributed by atoms with Crippen molar-refractivity contribution in [2.45, 2.75) is 37.4 Å². The lowest BCUT2D eigenvalue weighted by atomic mass is 9.97. The van der Waals surface area contributed by atoms with Gasteiger partial charge in [0.05, 0.1) is 0 Å². The third kappa shape index (κ3) is 0.501. The van der Waals surface area contributed by atoms with Gasteiger partial charge in [0.1, 0.15) is 0 Å². The van der Waals surface area contributed by atoms with E-state index in [2.05, 4.69) is 5.32 Å². The lowest BCUT2D eigenvalue weighted by molar-refractivity contribution is 0.502. The van der Waals surface area contributed by atoms with Crippen molar-refractivity contribution in [3.63, 3.8) is 0 Å². The molecule has 0 aromatic carbocycles. The summed E-state index contributed by atoms with van der Waals surface area (Å²) in [6.07, 6.45) is 3.88. The molecule has 2 fully saturated rings. The van der Waals surface area contributed by atoms with Crippen LogP contribution in [-0.4, -0.2) is 18.1 Å². The summed E-state index contributed by atoms with van der Waals surface area (Å²) in [7, 11) is 0. The molecule has 2 nitrogen and oxygen atoms in total. The smallest absolute Gasteiger partial charge is 0.0222 e. The van der Waals surface area contributed by atoms with Crippen LogP contribution < -0.4 is 11.1 Å². The monoisotopic (exact) mass is 112 g/mol. The highest BCUT2D eigenvalue weighted by molar-refractivity contribution is 4.99. The van der Waals surface area contributed by atoms with Crippen LogP contribution in [0.3, 0.4) is 0 Å². The van der Waals surface area contributed by atoms with Gasteiger partial charge in [-0.05, 0) is 19.3 Å². The lowest BCUT2D eigenvalue weighted by Crippen LogP contribution is -2.33. The maximum Gasteiger partial charge on any atom is 0.0222 e. The van der Waals surface area contributed by atoms with Crippen molar-refractivity contribution >= 4 is 0 Å². The Kier molecular flexibility index (Phi) is 0.866. The Morgan fingerprint density at radius 2 is 2.25 bits per heavy atom. The van der Waals surface area contributed by atoms with Crippen LogP contribution in [-0.2, 0) is 0 Å². The first-order valence-electron chi connectivity index (χ1n) is 3.38. The molecule has 8 heavy (non-hydrogen) atoms. The van der Waals surface area contributed by atoms with Gasteiger partial charge in [-0.3, -0.25) is 0 Å². The number of fused-ring (bicyclic) bond motifs is 2. The normalized spacial score (nSPS) is 52.9. The molecular weight excluding hydrogens is 100 g/mol. The van der Waals surface area contributed by atoms with Crippen LogP contribution >= 0.6 is 0 Å². The maximum atomic E-state index is 5.76. The third-order valence-electron chi connectivity index (χ3n) is 2.35. The van der Waals surface area contributed by atoms with E-state index >= 15 is 0 Å². The summed E-state index contributed by atoms with van der Waals surface area (Å²) in [5, 5.41) is 3.45. The minimum atomic E-state index is 0.466. The second-order valence-corrected chi connectivity index (χ2v) is 2.95. The minimum absolute atomic E-state index is 0.466. The van der Waals surface area contributed by atoms with E-state index in [0.717, 1.165) is 6.04 Å². The van der Waals surface area contributed by atoms with Crippen LogP contribution in [0.25, 0.3) is 0 Å². The van der Waals surface area contributed by atoms with Crippen LogP contribution in [0.5, 0.6) is 0 Å². The van der Waals surface area contributed by atoms with Crippen molar-refractivity contribution in [2.75, 3.05) is 0 Å². The van der Waals surface area contributed by atoms with Crippen molar-refractivity contribution in [2.24, 2.45) is 5.73 Å². The molecule has 2 heterocycles. The van der Waals surface area contributed by atoms with Crippen molar-refractivity contribution in [1.82, 2.24) is 5.32 Å². The number of rotatable bonds is 0. The molecule has 2 aliphatic rings. The molecule has 3 atom stereocenters. The summed E-state index contributed by atoms with van der Waals surface area (Å²) in [6, 6.07) is 1.91. The molecule has 0 aliphatic carbocycles. The van der Waals surface area contributed by atoms with E-state index in [0.29, 0.717) is 12.1 Å². The Balaban J connectivity index is 2.11. The predicted molar refractivity (Wildman–Crippen MR) is 32.5 cm³/mol. The zero-order chi connectivity index (χ0) is 5.56. The van der Waals surface area contributed by atoms with E-state index in [1.165, 1.54) is 19.3 Å². The molecule has 0 saturated carbocycles. The fourth-order valence-corrected chi connectivity index (χ4v) is 1.87. The van der Waals surface area contributed by atoms with Gasteiger partial charge in [0.15, 0.2) is 0 Å². The van der Waals surface area contributed by atoms with Crippen molar-refractivity contribution in [1.29, 1.82) is 0 Å². The van der Waals surface area contributed by atoms with Gasteiger partial charge in [-0.25, -0.2) is 0 Å². The second kappa shape index (κ2) is 1.45. The van der Waals surface area contributed by atoms with Gasteiger partial charge in [0.2, 0.25) is 0 Å². The van der Waals surface area contributed by atoms with E-state index in [9.17, 15) is 0 Å². The first kappa shape index (κ1) is 4.77. The molecule has 2 bridgehead atoms. The van der Waals surface area contributed by atoms with Gasteiger partial charge in [-0.1, -0.05) is 0 Å². The van der Waals surface area contributed by atoms with E-state index in [-0.39, 0.29) is 0 Å². The number of nitrogens with one attached hydrogen (secondary N) is 1. The highest BCUT2D eigenvalue weighted by Gasteiger charge is 2.36. The standard InChI is InChI=1S/C6H12N2/c7-5-3-4-1-2-6(5)8-4/h4-6,8H,1-3,7H2/t4-,5-,6+/m0/s1. The quantitative estimate of drug-likeness (QED) is 0.457. The Hall–Kier alpha value is -0.0800. The van der Waals surface area contributed by atoms with E-state index < -0.39 is 0 Å². The fourth-order valence-electron chi connectivity index (χ4n) is 1.87. The minimum Gasteiger partial charge on any atom is -0.326 e. The average Bonchev–Trinajstić information content (AvgIpc) is 2.23. The van der Waals surface area contributed by atoms with Gasteiger partial charge < -0.3 is 11.1 Å². The van der Waals surface area contributed by atoms with Crippen LogP contribution in [0.4, 0.5) is 0 Å². The van der Waals surface area contributed by atoms with Gasteiger partial charge in [-0.15, -0.1) is 0 Å². The average molecular weight is 112 g/mol. The summed E-state index contributed by atoms with van der Waals surface area (Å²) in [5.74, 6) is 0. The Bertz CT molecular complexity index is 101. The highest BCUT2D eigenvalue weighted by atomic mass is 15.1. The fraction of sp³-hybridized carbons (Fsp3) is 1.00. The van der Waals surface area contributed by atoms with Gasteiger partial charge in [0, 0.05) is 18.1 Å². The van der Waals surface area contributed by atoms with Crippen molar-refractivity contribution in [3.8, 4) is 0 Å². The zero-order valence-electron chi connectivity index (χ0n) is 4.93. The molecular formula is C6H12N2. The van der Waals surface area contributed by atoms with Crippen LogP contribution in [0, 0.1) is 0 Å². The molecule has 2 rings (SSSR count). The van der Waals surface area contributed by atoms with Gasteiger partial charge in [0.25, 0.3) is 0 Å². The number of hydrogen-bond donors (Lipinski definition) is 2. The molecule has 2 saturated heterocycles. The van der Waals surface area contributed by atoms with Crippen LogP contribution in [0.15, 0.2) is 0 Å². The molecule has 0 aromatic rings. The highest BCUT2D eigenvalue weighted by Crippen LogP contribution is 2.26. The van der Waals surface area contributed by atoms with E-state index in [4.69, 9.17) is 5.73 Å². The van der Waals surface area contributed by atoms with E-state index in [1.54, 1.807) is 0 Å². The molecule has 3 N–H and O–H groups in total. The molecule has 46 valence electrons. The van der Waals surface area contributed by atoms with Crippen LogP contribution in [0.1, 0.15) is 19.3 Å². The molecule has 0 spiro atoms. The molecule has 0 aromatic heterocycles. The number of nitrogens with two attached hydrogens (primary N) is 1. The van der Waals surface area contributed by atoms with Crippen molar-refractivity contribution < 1.29 is 0 Å². The van der Waals surface area contributed by atoms with E-state index in [1.807, 2.05) is 0 Å². The first-order chi connectivity index (χ1) is 3.86. The summed E-state index contributed by atoms with van der Waals surface area (Å²) < 4.78 is 0. The first-order valence-corrected chi connectivity index (χ1v) is 3.38. The summed E-state index contributed by atoms with van der Waals surface area (Å²) in [5.41, 5.74) is 5.76. The molecule has 2 aliphatic heterocycles. The molecule has 0 amide bonds. The van der Waals surface area contributed by atoms with Gasteiger partial charge >= 0.3 is 0 Å². The topological polar surface area (TPSA) is 38.0 Å². The lowest BCUT2D eigenvalue weighted by Gasteiger charge is -2.13. The Morgan fingerprint density at radius 1 is 1.38 bits per heavy atom. The Morgan fingerprint density at radius 3 is 2.50 bits per heavy atom. The molecule has 0 radical (unpaired) electrons. The zero-order valence-corrected chi connectivity index (χ0v) is 4.93. The summed E-state index contributed by atoms with van der Waals surface area (Å²) in [4.78, 5) is 0. The largest absolute Gasteiger partial charge is 0.326 e. The van der Waals surface area contributed by atoms with Gasteiger partial charge in [-0.2, -0.15) is 0 Å². The Labute approximate surface area is 49.4 Å². The summed E-state index contributed by atoms with van der Waals surface area (Å²) in [6.45, 7) is 0. The van der Waals surface area contributed by atoms with Crippen LogP contribution in [0.2, 0.25) is 0 Å². The summed E-state index contributed by atoms with van der Waals surface area (Å²) >= 11 is 0. The second-order valence-electron chi connectivity index (χ2n) is 2.95. The third-order valence-corrected chi connectivity index (χ3v) is 2.35. The number of hydrogen-bond acceptors (Lipinski definition) is 2. The SMILES string of the molecule is N[C@H]1C[C@@H]2CC[C@H]1N2. The molecule has 2 heteroatoms. The maximum absolute atomic E-state index is 5.76. The van der Waals surface area contributed by atoms with Crippen molar-refractivity contribution in [3.05, 3.63) is 0 Å². The predicted octanol–water partition coefficient (Wildman–Crippen LogP) is -0.162.